The van der Waals surface area contributed by atoms with E-state index in [-0.39, 0.29) is 16.7 Å². The van der Waals surface area contributed by atoms with E-state index in [0.717, 1.165) is 11.8 Å². The normalized spacial score (nSPS) is 11.9. The molecule has 0 saturated carbocycles. The van der Waals surface area contributed by atoms with E-state index in [1.54, 1.807) is 31.3 Å². The molecule has 0 saturated heterocycles. The monoisotopic (exact) mass is 338 g/mol. The maximum Gasteiger partial charge on any atom is 0.227 e. The van der Waals surface area contributed by atoms with Crippen molar-refractivity contribution in [2.45, 2.75) is 11.8 Å². The van der Waals surface area contributed by atoms with Gasteiger partial charge in [-0.3, -0.25) is 13.9 Å². The number of thioether (sulfide) groups is 1. The minimum Gasteiger partial charge on any atom is -0.427 e. The van der Waals surface area contributed by atoms with Crippen LogP contribution < -0.4 is 4.31 Å². The number of anilines is 1. The zero-order valence-corrected chi connectivity index (χ0v) is 13.6. The third kappa shape index (κ3) is 4.05. The third-order valence-electron chi connectivity index (χ3n) is 2.74. The summed E-state index contributed by atoms with van der Waals surface area (Å²) in [5.74, 6) is 0.257. The van der Waals surface area contributed by atoms with Gasteiger partial charge in [0.15, 0.2) is 28.3 Å². The first kappa shape index (κ1) is 16.4. The minimum absolute atomic E-state index is 0.0728. The molecule has 1 atom stereocenters. The maximum atomic E-state index is 12.5. The molecule has 2 rings (SSSR count). The van der Waals surface area contributed by atoms with Crippen molar-refractivity contribution in [3.8, 4) is 0 Å². The molecule has 0 bridgehead atoms. The van der Waals surface area contributed by atoms with Crippen LogP contribution in [0, 0.1) is 0 Å². The van der Waals surface area contributed by atoms with Gasteiger partial charge < -0.3 is 4.42 Å². The van der Waals surface area contributed by atoms with Crippen LogP contribution in [-0.2, 0) is 15.8 Å². The lowest BCUT2D eigenvalue weighted by molar-refractivity contribution is -0.109. The SMILES string of the molecule is CC(=O)SCC(=O)c1cccc(S(=O)N(C)c2cnco2)c1. The molecule has 1 aromatic heterocycles. The standard InChI is InChI=1S/C14H14N2O4S2/c1-10(17)21-8-13(18)11-4-3-5-12(6-11)22(19)16(2)14-7-15-9-20-14/h3-7,9H,8H2,1-2H3. The topological polar surface area (TPSA) is 80.5 Å². The fraction of sp³-hybridized carbons (Fsp3) is 0.214. The lowest BCUT2D eigenvalue weighted by Crippen LogP contribution is -2.20. The van der Waals surface area contributed by atoms with Crippen molar-refractivity contribution in [3.05, 3.63) is 42.4 Å². The second kappa shape index (κ2) is 7.37. The van der Waals surface area contributed by atoms with E-state index < -0.39 is 11.0 Å². The van der Waals surface area contributed by atoms with E-state index in [9.17, 15) is 13.8 Å². The summed E-state index contributed by atoms with van der Waals surface area (Å²) in [6.45, 7) is 1.41. The van der Waals surface area contributed by atoms with Crippen molar-refractivity contribution in [1.82, 2.24) is 4.98 Å². The molecule has 116 valence electrons. The van der Waals surface area contributed by atoms with Gasteiger partial charge in [-0.05, 0) is 12.1 Å². The van der Waals surface area contributed by atoms with Crippen molar-refractivity contribution in [2.24, 2.45) is 0 Å². The number of hydrogen-bond acceptors (Lipinski definition) is 6. The number of ketones is 1. The Hall–Kier alpha value is -1.93. The summed E-state index contributed by atoms with van der Waals surface area (Å²) in [5.41, 5.74) is 0.422. The highest BCUT2D eigenvalue weighted by molar-refractivity contribution is 8.14. The van der Waals surface area contributed by atoms with Crippen LogP contribution in [0.1, 0.15) is 17.3 Å². The highest BCUT2D eigenvalue weighted by atomic mass is 32.2. The van der Waals surface area contributed by atoms with Crippen molar-refractivity contribution >= 4 is 39.5 Å². The number of Topliss-reactive ketones (excluding diaryl/α,β-unsaturated/α-hetero) is 1. The molecule has 0 amide bonds. The van der Waals surface area contributed by atoms with Crippen molar-refractivity contribution in [1.29, 1.82) is 0 Å². The zero-order valence-electron chi connectivity index (χ0n) is 12.0. The molecule has 0 aliphatic rings. The van der Waals surface area contributed by atoms with Crippen LogP contribution in [0.25, 0.3) is 0 Å². The Kier molecular flexibility index (Phi) is 5.51. The van der Waals surface area contributed by atoms with Gasteiger partial charge >= 0.3 is 0 Å². The van der Waals surface area contributed by atoms with Gasteiger partial charge in [-0.15, -0.1) is 0 Å². The van der Waals surface area contributed by atoms with E-state index in [1.165, 1.54) is 23.8 Å². The predicted octanol–water partition coefficient (Wildman–Crippen LogP) is 2.30. The Labute approximate surface area is 134 Å². The number of oxazole rings is 1. The number of hydrogen-bond donors (Lipinski definition) is 0. The lowest BCUT2D eigenvalue weighted by atomic mass is 10.1. The van der Waals surface area contributed by atoms with Gasteiger partial charge in [0.05, 0.1) is 16.8 Å². The first-order valence-corrected chi connectivity index (χ1v) is 8.39. The molecule has 0 radical (unpaired) electrons. The fourth-order valence-electron chi connectivity index (χ4n) is 1.63. The molecule has 0 aliphatic heterocycles. The van der Waals surface area contributed by atoms with Crippen LogP contribution in [0.3, 0.4) is 0 Å². The smallest absolute Gasteiger partial charge is 0.227 e. The number of carbonyl (C=O) groups is 2. The molecule has 22 heavy (non-hydrogen) atoms. The number of rotatable bonds is 6. The first-order chi connectivity index (χ1) is 10.5. The summed E-state index contributed by atoms with van der Waals surface area (Å²) < 4.78 is 19.0. The molecule has 8 heteroatoms. The van der Waals surface area contributed by atoms with Crippen LogP contribution in [0.15, 0.2) is 46.2 Å². The molecule has 1 unspecified atom stereocenters. The van der Waals surface area contributed by atoms with Gasteiger partial charge in [-0.25, -0.2) is 9.19 Å². The molecule has 0 spiro atoms. The Morgan fingerprint density at radius 1 is 1.41 bits per heavy atom. The van der Waals surface area contributed by atoms with Gasteiger partial charge in [0, 0.05) is 19.5 Å². The summed E-state index contributed by atoms with van der Waals surface area (Å²) in [7, 11) is 0.0844. The molecular weight excluding hydrogens is 324 g/mol. The summed E-state index contributed by atoms with van der Waals surface area (Å²) in [4.78, 5) is 27.2. The summed E-state index contributed by atoms with van der Waals surface area (Å²) in [5, 5.41) is -0.113. The van der Waals surface area contributed by atoms with Crippen molar-refractivity contribution in [3.63, 3.8) is 0 Å². The Morgan fingerprint density at radius 3 is 2.82 bits per heavy atom. The van der Waals surface area contributed by atoms with E-state index in [1.807, 2.05) is 0 Å². The van der Waals surface area contributed by atoms with Gasteiger partial charge in [-0.2, -0.15) is 0 Å². The van der Waals surface area contributed by atoms with Crippen LogP contribution in [-0.4, -0.2) is 32.9 Å². The molecule has 0 N–H and O–H groups in total. The average Bonchev–Trinajstić information content (AvgIpc) is 3.05. The van der Waals surface area contributed by atoms with Crippen molar-refractivity contribution in [2.75, 3.05) is 17.1 Å². The van der Waals surface area contributed by atoms with Crippen LogP contribution in [0.4, 0.5) is 5.88 Å². The van der Waals surface area contributed by atoms with Gasteiger partial charge in [-0.1, -0.05) is 23.9 Å². The highest BCUT2D eigenvalue weighted by Crippen LogP contribution is 2.19. The Balaban J connectivity index is 2.15. The average molecular weight is 338 g/mol. The van der Waals surface area contributed by atoms with E-state index in [0.29, 0.717) is 16.3 Å². The van der Waals surface area contributed by atoms with Gasteiger partial charge in [0.25, 0.3) is 0 Å². The quantitative estimate of drug-likeness (QED) is 0.752. The van der Waals surface area contributed by atoms with Gasteiger partial charge in [0.2, 0.25) is 5.88 Å². The molecule has 0 fully saturated rings. The summed E-state index contributed by atoms with van der Waals surface area (Å²) in [6, 6.07) is 6.52. The van der Waals surface area contributed by atoms with E-state index in [4.69, 9.17) is 4.42 Å². The number of carbonyl (C=O) groups excluding carboxylic acids is 2. The molecule has 6 nitrogen and oxygen atoms in total. The molecule has 1 aromatic carbocycles. The predicted molar refractivity (Wildman–Crippen MR) is 85.2 cm³/mol. The first-order valence-electron chi connectivity index (χ1n) is 6.30. The molecule has 0 aliphatic carbocycles. The maximum absolute atomic E-state index is 12.5. The minimum atomic E-state index is -1.52. The Morgan fingerprint density at radius 2 is 2.18 bits per heavy atom. The number of aromatic nitrogens is 1. The Bertz CT molecular complexity index is 701. The van der Waals surface area contributed by atoms with E-state index in [2.05, 4.69) is 4.98 Å². The number of benzene rings is 1. The number of nitrogens with zero attached hydrogens (tertiary/aromatic N) is 2. The highest BCUT2D eigenvalue weighted by Gasteiger charge is 2.16. The van der Waals surface area contributed by atoms with E-state index >= 15 is 0 Å². The summed E-state index contributed by atoms with van der Waals surface area (Å²) in [6.07, 6.45) is 2.71. The zero-order chi connectivity index (χ0) is 16.1. The second-order valence-electron chi connectivity index (χ2n) is 4.32. The molecule has 1 heterocycles. The lowest BCUT2D eigenvalue weighted by Gasteiger charge is -2.14. The third-order valence-corrected chi connectivity index (χ3v) is 4.89. The fourth-order valence-corrected chi connectivity index (χ4v) is 3.13. The van der Waals surface area contributed by atoms with Crippen molar-refractivity contribution < 1.29 is 18.2 Å². The van der Waals surface area contributed by atoms with Crippen LogP contribution in [0.2, 0.25) is 0 Å². The molecule has 2 aromatic rings. The van der Waals surface area contributed by atoms with Gasteiger partial charge in [0.1, 0.15) is 0 Å². The van der Waals surface area contributed by atoms with Crippen LogP contribution >= 0.6 is 11.8 Å². The van der Waals surface area contributed by atoms with Crippen LogP contribution in [0.5, 0.6) is 0 Å². The molecular formula is C14H14N2O4S2. The second-order valence-corrected chi connectivity index (χ2v) is 6.99. The largest absolute Gasteiger partial charge is 0.427 e. The summed E-state index contributed by atoms with van der Waals surface area (Å²) >= 11 is 0.955.